The van der Waals surface area contributed by atoms with Crippen molar-refractivity contribution >= 4 is 12.1 Å². The van der Waals surface area contributed by atoms with E-state index in [1.165, 1.54) is 0 Å². The van der Waals surface area contributed by atoms with Gasteiger partial charge in [0.25, 0.3) is 0 Å². The van der Waals surface area contributed by atoms with Crippen LogP contribution >= 0.6 is 0 Å². The molecule has 2 aromatic carbocycles. The van der Waals surface area contributed by atoms with Crippen molar-refractivity contribution in [3.05, 3.63) is 47.5 Å². The van der Waals surface area contributed by atoms with Crippen LogP contribution in [-0.2, 0) is 12.8 Å². The van der Waals surface area contributed by atoms with Crippen LogP contribution in [0.25, 0.3) is 0 Å². The molecule has 0 aromatic heterocycles. The number of hydrogen-bond acceptors (Lipinski definition) is 6. The number of rotatable bonds is 14. The second-order valence-corrected chi connectivity index (χ2v) is 10.1. The van der Waals surface area contributed by atoms with Crippen molar-refractivity contribution in [2.24, 2.45) is 11.8 Å². The number of carbonyl (C=O) groups excluding carboxylic acids is 2. The Bertz CT molecular complexity index is 1010. The molecule has 2 aromatic rings. The molecule has 0 radical (unpaired) electrons. The topological polar surface area (TPSA) is 119 Å². The lowest BCUT2D eigenvalue weighted by Crippen LogP contribution is -2.42. The second kappa shape index (κ2) is 16.3. The predicted molar refractivity (Wildman–Crippen MR) is 155 cm³/mol. The summed E-state index contributed by atoms with van der Waals surface area (Å²) < 4.78 is 21.2. The predicted octanol–water partition coefficient (Wildman–Crippen LogP) is 3.91. The molecule has 2 atom stereocenters. The molecular weight excluding hydrogens is 512 g/mol. The zero-order valence-electron chi connectivity index (χ0n) is 24.1. The Morgan fingerprint density at radius 2 is 1.07 bits per heavy atom. The first-order valence-electron chi connectivity index (χ1n) is 13.9. The van der Waals surface area contributed by atoms with Gasteiger partial charge in [-0.15, -0.1) is 0 Å². The molecule has 0 heterocycles. The van der Waals surface area contributed by atoms with E-state index in [2.05, 4.69) is 21.3 Å². The van der Waals surface area contributed by atoms with Crippen molar-refractivity contribution in [2.45, 2.75) is 38.5 Å². The van der Waals surface area contributed by atoms with E-state index in [0.717, 1.165) is 36.8 Å². The number of carbonyl (C=O) groups is 2. The molecule has 4 amide bonds. The number of urea groups is 2. The Kier molecular flexibility index (Phi) is 12.5. The van der Waals surface area contributed by atoms with E-state index < -0.39 is 0 Å². The Labute approximate surface area is 237 Å². The average Bonchev–Trinajstić information content (AvgIpc) is 2.99. The highest BCUT2D eigenvalue weighted by Crippen LogP contribution is 2.29. The van der Waals surface area contributed by atoms with Crippen LogP contribution in [0.2, 0.25) is 0 Å². The normalized spacial score (nSPS) is 16.4. The summed E-state index contributed by atoms with van der Waals surface area (Å²) in [7, 11) is 6.43. The fourth-order valence-corrected chi connectivity index (χ4v) is 5.09. The molecule has 1 saturated carbocycles. The summed E-state index contributed by atoms with van der Waals surface area (Å²) in [5.41, 5.74) is 2.12. The van der Waals surface area contributed by atoms with Gasteiger partial charge in [-0.25, -0.2) is 9.59 Å². The third-order valence-corrected chi connectivity index (χ3v) is 7.29. The summed E-state index contributed by atoms with van der Waals surface area (Å²) in [6.07, 6.45) is 5.64. The largest absolute Gasteiger partial charge is 0.493 e. The molecule has 0 aliphatic heterocycles. The highest BCUT2D eigenvalue weighted by Gasteiger charge is 2.23. The van der Waals surface area contributed by atoms with Crippen molar-refractivity contribution in [3.8, 4) is 23.0 Å². The SMILES string of the molecule is COc1ccc(CCNC(=O)NC[C@H]2CCC[C@H](CNC(=O)NCCc3ccc(OC)c(OC)c3)C2)cc1OC. The van der Waals surface area contributed by atoms with Crippen LogP contribution in [-0.4, -0.2) is 66.7 Å². The van der Waals surface area contributed by atoms with Gasteiger partial charge in [-0.1, -0.05) is 18.6 Å². The van der Waals surface area contributed by atoms with Crippen LogP contribution in [0.1, 0.15) is 36.8 Å². The Morgan fingerprint density at radius 3 is 1.48 bits per heavy atom. The van der Waals surface area contributed by atoms with Gasteiger partial charge in [-0.3, -0.25) is 0 Å². The van der Waals surface area contributed by atoms with Crippen molar-refractivity contribution in [2.75, 3.05) is 54.6 Å². The minimum Gasteiger partial charge on any atom is -0.493 e. The number of ether oxygens (including phenoxy) is 4. The van der Waals surface area contributed by atoms with Crippen LogP contribution in [0.4, 0.5) is 9.59 Å². The summed E-state index contributed by atoms with van der Waals surface area (Å²) in [4.78, 5) is 24.6. The Balaban J connectivity index is 1.29. The molecule has 0 bridgehead atoms. The van der Waals surface area contributed by atoms with E-state index in [4.69, 9.17) is 18.9 Å². The number of amides is 4. The van der Waals surface area contributed by atoms with Crippen molar-refractivity contribution in [3.63, 3.8) is 0 Å². The lowest BCUT2D eigenvalue weighted by Gasteiger charge is -2.29. The van der Waals surface area contributed by atoms with Gasteiger partial charge in [-0.2, -0.15) is 0 Å². The standard InChI is InChI=1S/C30H44N4O6/c1-37-25-10-8-21(17-27(25)39-3)12-14-31-29(35)33-19-23-6-5-7-24(16-23)20-34-30(36)32-15-13-22-9-11-26(38-2)28(18-22)40-4/h8-11,17-18,23-24H,5-7,12-16,19-20H2,1-4H3,(H2,31,33,35)(H2,32,34,36)/t23-,24-/m0/s1. The van der Waals surface area contributed by atoms with Gasteiger partial charge in [0.15, 0.2) is 23.0 Å². The van der Waals surface area contributed by atoms with Gasteiger partial charge in [-0.05, 0) is 79.3 Å². The number of benzene rings is 2. The number of nitrogens with one attached hydrogen (secondary N) is 4. The lowest BCUT2D eigenvalue weighted by atomic mass is 9.81. The number of hydrogen-bond donors (Lipinski definition) is 4. The van der Waals surface area contributed by atoms with Crippen LogP contribution in [0.3, 0.4) is 0 Å². The lowest BCUT2D eigenvalue weighted by molar-refractivity contribution is 0.222. The van der Waals surface area contributed by atoms with Crippen LogP contribution in [0.15, 0.2) is 36.4 Å². The third kappa shape index (κ3) is 9.73. The smallest absolute Gasteiger partial charge is 0.314 e. The summed E-state index contributed by atoms with van der Waals surface area (Å²) in [6.45, 7) is 2.33. The molecule has 1 fully saturated rings. The molecule has 10 heteroatoms. The van der Waals surface area contributed by atoms with Gasteiger partial charge in [0.05, 0.1) is 28.4 Å². The molecule has 0 unspecified atom stereocenters. The molecule has 0 spiro atoms. The third-order valence-electron chi connectivity index (χ3n) is 7.29. The fraction of sp³-hybridized carbons (Fsp3) is 0.533. The zero-order chi connectivity index (χ0) is 28.7. The molecule has 220 valence electrons. The minimum absolute atomic E-state index is 0.158. The van der Waals surface area contributed by atoms with Gasteiger partial charge < -0.3 is 40.2 Å². The summed E-state index contributed by atoms with van der Waals surface area (Å²) in [5, 5.41) is 11.9. The Morgan fingerprint density at radius 1 is 0.650 bits per heavy atom. The molecule has 1 aliphatic carbocycles. The number of methoxy groups -OCH3 is 4. The fourth-order valence-electron chi connectivity index (χ4n) is 5.09. The maximum Gasteiger partial charge on any atom is 0.314 e. The maximum atomic E-state index is 12.3. The first-order valence-corrected chi connectivity index (χ1v) is 13.9. The van der Waals surface area contributed by atoms with Crippen molar-refractivity contribution < 1.29 is 28.5 Å². The molecule has 0 saturated heterocycles. The van der Waals surface area contributed by atoms with E-state index in [-0.39, 0.29) is 12.1 Å². The summed E-state index contributed by atoms with van der Waals surface area (Å²) >= 11 is 0. The van der Waals surface area contributed by atoms with E-state index in [9.17, 15) is 9.59 Å². The van der Waals surface area contributed by atoms with Gasteiger partial charge in [0, 0.05) is 26.2 Å². The molecule has 40 heavy (non-hydrogen) atoms. The quantitative estimate of drug-likeness (QED) is 0.280. The molecule has 4 N–H and O–H groups in total. The molecule has 3 rings (SSSR count). The first-order chi connectivity index (χ1) is 19.4. The van der Waals surface area contributed by atoms with E-state index in [0.29, 0.717) is 73.9 Å². The van der Waals surface area contributed by atoms with E-state index in [1.807, 2.05) is 36.4 Å². The molecular formula is C30H44N4O6. The van der Waals surface area contributed by atoms with Crippen LogP contribution in [0, 0.1) is 11.8 Å². The van der Waals surface area contributed by atoms with Crippen molar-refractivity contribution in [1.29, 1.82) is 0 Å². The molecule has 10 nitrogen and oxygen atoms in total. The van der Waals surface area contributed by atoms with Crippen LogP contribution < -0.4 is 40.2 Å². The van der Waals surface area contributed by atoms with Gasteiger partial charge >= 0.3 is 12.1 Å². The second-order valence-electron chi connectivity index (χ2n) is 10.1. The monoisotopic (exact) mass is 556 g/mol. The van der Waals surface area contributed by atoms with E-state index in [1.54, 1.807) is 28.4 Å². The Hall–Kier alpha value is -3.82. The van der Waals surface area contributed by atoms with E-state index >= 15 is 0 Å². The summed E-state index contributed by atoms with van der Waals surface area (Å²) in [6, 6.07) is 11.2. The average molecular weight is 557 g/mol. The minimum atomic E-state index is -0.158. The first kappa shape index (κ1) is 30.7. The van der Waals surface area contributed by atoms with Gasteiger partial charge in [0.2, 0.25) is 0 Å². The zero-order valence-corrected chi connectivity index (χ0v) is 24.1. The summed E-state index contributed by atoms with van der Waals surface area (Å²) in [5.74, 6) is 3.54. The highest BCUT2D eigenvalue weighted by molar-refractivity contribution is 5.74. The van der Waals surface area contributed by atoms with Crippen molar-refractivity contribution in [1.82, 2.24) is 21.3 Å². The molecule has 1 aliphatic rings. The van der Waals surface area contributed by atoms with Gasteiger partial charge in [0.1, 0.15) is 0 Å². The highest BCUT2D eigenvalue weighted by atomic mass is 16.5. The van der Waals surface area contributed by atoms with Crippen LogP contribution in [0.5, 0.6) is 23.0 Å². The maximum absolute atomic E-state index is 12.3.